The minimum atomic E-state index is -0.557. The van der Waals surface area contributed by atoms with Crippen LogP contribution in [-0.4, -0.2) is 5.78 Å². The molecule has 0 radical (unpaired) electrons. The second kappa shape index (κ2) is 4.28. The smallest absolute Gasteiger partial charge is 0.231 e. The number of halogens is 1. The molecule has 0 saturated heterocycles. The first-order valence-corrected chi connectivity index (χ1v) is 4.80. The molecule has 0 fully saturated rings. The molecule has 0 spiro atoms. The van der Waals surface area contributed by atoms with Gasteiger partial charge >= 0.3 is 0 Å². The molecule has 4 heteroatoms. The Morgan fingerprint density at radius 1 is 1.25 bits per heavy atom. The molecule has 0 atom stereocenters. The normalized spacial score (nSPS) is 10.4. The minimum Gasteiger partial charge on any atom is -0.456 e. The van der Waals surface area contributed by atoms with Gasteiger partial charge < -0.3 is 10.2 Å². The van der Waals surface area contributed by atoms with Gasteiger partial charge in [-0.15, -0.1) is 0 Å². The summed E-state index contributed by atoms with van der Waals surface area (Å²) in [5.41, 5.74) is 5.35. The maximum absolute atomic E-state index is 13.3. The summed E-state index contributed by atoms with van der Waals surface area (Å²) in [5, 5.41) is 0. The van der Waals surface area contributed by atoms with Gasteiger partial charge in [0.05, 0.1) is 12.1 Å². The molecule has 0 unspecified atom stereocenters. The molecule has 3 nitrogen and oxygen atoms in total. The van der Waals surface area contributed by atoms with Crippen LogP contribution in [0.3, 0.4) is 0 Å². The van der Waals surface area contributed by atoms with E-state index in [0.29, 0.717) is 5.76 Å². The van der Waals surface area contributed by atoms with E-state index in [0.717, 1.165) is 0 Å². The zero-order valence-electron chi connectivity index (χ0n) is 8.44. The highest BCUT2D eigenvalue weighted by Crippen LogP contribution is 2.15. The summed E-state index contributed by atoms with van der Waals surface area (Å²) in [5.74, 6) is -0.429. The van der Waals surface area contributed by atoms with Crippen LogP contribution in [0.1, 0.15) is 21.9 Å². The molecule has 0 amide bonds. The Morgan fingerprint density at radius 3 is 2.62 bits per heavy atom. The third-order valence-corrected chi connectivity index (χ3v) is 2.21. The summed E-state index contributed by atoms with van der Waals surface area (Å²) < 4.78 is 18.5. The lowest BCUT2D eigenvalue weighted by Gasteiger charge is -1.98. The Morgan fingerprint density at radius 2 is 2.00 bits per heavy atom. The summed E-state index contributed by atoms with van der Waals surface area (Å²) in [6, 6.07) is 8.88. The topological polar surface area (TPSA) is 56.2 Å². The van der Waals surface area contributed by atoms with Crippen LogP contribution >= 0.6 is 0 Å². The van der Waals surface area contributed by atoms with Gasteiger partial charge in [-0.3, -0.25) is 4.79 Å². The first-order chi connectivity index (χ1) is 7.72. The van der Waals surface area contributed by atoms with E-state index in [4.69, 9.17) is 10.2 Å². The van der Waals surface area contributed by atoms with Crippen molar-refractivity contribution in [3.8, 4) is 0 Å². The SMILES string of the molecule is NCc1ccc(C(=O)c2ccccc2F)o1. The summed E-state index contributed by atoms with van der Waals surface area (Å²) in [4.78, 5) is 11.8. The Hall–Kier alpha value is -1.94. The third-order valence-electron chi connectivity index (χ3n) is 2.21. The lowest BCUT2D eigenvalue weighted by Crippen LogP contribution is -2.02. The number of hydrogen-bond acceptors (Lipinski definition) is 3. The molecule has 0 aliphatic heterocycles. The van der Waals surface area contributed by atoms with E-state index in [9.17, 15) is 9.18 Å². The molecule has 2 N–H and O–H groups in total. The zero-order valence-corrected chi connectivity index (χ0v) is 8.44. The number of benzene rings is 1. The second-order valence-electron chi connectivity index (χ2n) is 3.28. The zero-order chi connectivity index (χ0) is 11.5. The molecule has 82 valence electrons. The van der Waals surface area contributed by atoms with Crippen LogP contribution in [0.5, 0.6) is 0 Å². The lowest BCUT2D eigenvalue weighted by atomic mass is 10.1. The molecular formula is C12H10FNO2. The van der Waals surface area contributed by atoms with Crippen LogP contribution in [0.25, 0.3) is 0 Å². The van der Waals surface area contributed by atoms with Crippen molar-refractivity contribution in [3.05, 3.63) is 59.3 Å². The highest BCUT2D eigenvalue weighted by atomic mass is 19.1. The number of rotatable bonds is 3. The minimum absolute atomic E-state index is 0.000390. The molecule has 16 heavy (non-hydrogen) atoms. The Balaban J connectivity index is 2.35. The predicted molar refractivity (Wildman–Crippen MR) is 56.4 cm³/mol. The average molecular weight is 219 g/mol. The van der Waals surface area contributed by atoms with E-state index in [1.54, 1.807) is 12.1 Å². The van der Waals surface area contributed by atoms with Crippen molar-refractivity contribution in [1.82, 2.24) is 0 Å². The van der Waals surface area contributed by atoms with Crippen LogP contribution in [0.15, 0.2) is 40.8 Å². The van der Waals surface area contributed by atoms with E-state index >= 15 is 0 Å². The molecule has 0 aliphatic carbocycles. The summed E-state index contributed by atoms with van der Waals surface area (Å²) >= 11 is 0. The van der Waals surface area contributed by atoms with Crippen molar-refractivity contribution < 1.29 is 13.6 Å². The van der Waals surface area contributed by atoms with Gasteiger partial charge in [-0.05, 0) is 24.3 Å². The van der Waals surface area contributed by atoms with Gasteiger partial charge in [0.25, 0.3) is 0 Å². The number of nitrogens with two attached hydrogens (primary N) is 1. The van der Waals surface area contributed by atoms with Gasteiger partial charge in [-0.2, -0.15) is 0 Å². The molecule has 0 saturated carbocycles. The third kappa shape index (κ3) is 1.87. The van der Waals surface area contributed by atoms with Crippen molar-refractivity contribution in [3.63, 3.8) is 0 Å². The fourth-order valence-electron chi connectivity index (χ4n) is 1.39. The number of carbonyl (C=O) groups excluding carboxylic acids is 1. The standard InChI is InChI=1S/C12H10FNO2/c13-10-4-2-1-3-9(10)12(15)11-6-5-8(7-14)16-11/h1-6H,7,14H2. The van der Waals surface area contributed by atoms with E-state index in [-0.39, 0.29) is 17.9 Å². The van der Waals surface area contributed by atoms with Crippen LogP contribution in [0.2, 0.25) is 0 Å². The van der Waals surface area contributed by atoms with E-state index in [2.05, 4.69) is 0 Å². The molecule has 1 aromatic carbocycles. The fraction of sp³-hybridized carbons (Fsp3) is 0.0833. The van der Waals surface area contributed by atoms with Crippen LogP contribution < -0.4 is 5.73 Å². The quantitative estimate of drug-likeness (QED) is 0.804. The maximum Gasteiger partial charge on any atom is 0.231 e. The van der Waals surface area contributed by atoms with Crippen molar-refractivity contribution in [1.29, 1.82) is 0 Å². The van der Waals surface area contributed by atoms with Gasteiger partial charge in [0.15, 0.2) is 5.76 Å². The Kier molecular flexibility index (Phi) is 2.83. The molecule has 1 aromatic heterocycles. The first kappa shape index (κ1) is 10.6. The maximum atomic E-state index is 13.3. The molecule has 0 aliphatic rings. The van der Waals surface area contributed by atoms with Gasteiger partial charge in [-0.1, -0.05) is 12.1 Å². The van der Waals surface area contributed by atoms with E-state index in [1.165, 1.54) is 24.3 Å². The van der Waals surface area contributed by atoms with Crippen LogP contribution in [-0.2, 0) is 6.54 Å². The van der Waals surface area contributed by atoms with Crippen molar-refractivity contribution >= 4 is 5.78 Å². The molecule has 1 heterocycles. The van der Waals surface area contributed by atoms with E-state index < -0.39 is 11.6 Å². The van der Waals surface area contributed by atoms with Crippen molar-refractivity contribution in [2.75, 3.05) is 0 Å². The highest BCUT2D eigenvalue weighted by molar-refractivity contribution is 6.07. The molecule has 2 rings (SSSR count). The molecular weight excluding hydrogens is 209 g/mol. The van der Waals surface area contributed by atoms with Gasteiger partial charge in [0.1, 0.15) is 11.6 Å². The number of furan rings is 1. The average Bonchev–Trinajstić information content (AvgIpc) is 2.77. The highest BCUT2D eigenvalue weighted by Gasteiger charge is 2.16. The summed E-state index contributed by atoms with van der Waals surface area (Å²) in [6.07, 6.45) is 0. The lowest BCUT2D eigenvalue weighted by molar-refractivity contribution is 0.100. The number of hydrogen-bond donors (Lipinski definition) is 1. The molecule has 0 bridgehead atoms. The number of carbonyl (C=O) groups is 1. The van der Waals surface area contributed by atoms with Gasteiger partial charge in [-0.25, -0.2) is 4.39 Å². The van der Waals surface area contributed by atoms with Gasteiger partial charge in [0.2, 0.25) is 5.78 Å². The van der Waals surface area contributed by atoms with Crippen LogP contribution in [0, 0.1) is 5.82 Å². The largest absolute Gasteiger partial charge is 0.456 e. The summed E-state index contributed by atoms with van der Waals surface area (Å²) in [7, 11) is 0. The first-order valence-electron chi connectivity index (χ1n) is 4.80. The Bertz CT molecular complexity index is 519. The predicted octanol–water partition coefficient (Wildman–Crippen LogP) is 2.11. The second-order valence-corrected chi connectivity index (χ2v) is 3.28. The monoisotopic (exact) mass is 219 g/mol. The summed E-state index contributed by atoms with van der Waals surface area (Å²) in [6.45, 7) is 0.213. The van der Waals surface area contributed by atoms with Gasteiger partial charge in [0, 0.05) is 0 Å². The molecule has 2 aromatic rings. The number of ketones is 1. The van der Waals surface area contributed by atoms with Crippen LogP contribution in [0.4, 0.5) is 4.39 Å². The Labute approximate surface area is 91.7 Å². The van der Waals surface area contributed by atoms with Crippen molar-refractivity contribution in [2.45, 2.75) is 6.54 Å². The fourth-order valence-corrected chi connectivity index (χ4v) is 1.39. The van der Waals surface area contributed by atoms with Crippen molar-refractivity contribution in [2.24, 2.45) is 5.73 Å². The van der Waals surface area contributed by atoms with E-state index in [1.807, 2.05) is 0 Å².